The first-order valence-electron chi connectivity index (χ1n) is 13.0. The number of aryl methyl sites for hydroxylation is 2. The third-order valence-electron chi connectivity index (χ3n) is 6.02. The average Bonchev–Trinajstić information content (AvgIpc) is 2.77. The van der Waals surface area contributed by atoms with Gasteiger partial charge in [-0.2, -0.15) is 0 Å². The number of unbranched alkanes of at least 4 members (excludes halogenated alkanes) is 1. The van der Waals surface area contributed by atoms with Crippen LogP contribution < -0.4 is 10.6 Å². The van der Waals surface area contributed by atoms with Crippen molar-refractivity contribution in [1.29, 1.82) is 0 Å². The summed E-state index contributed by atoms with van der Waals surface area (Å²) < 4.78 is 5.45. The van der Waals surface area contributed by atoms with Crippen LogP contribution in [0.3, 0.4) is 0 Å². The Labute approximate surface area is 212 Å². The van der Waals surface area contributed by atoms with Crippen LogP contribution in [-0.2, 0) is 14.3 Å². The average molecular weight is 490 g/mol. The SMILES string of the molecule is CCCCNC(=O)C(c1cc(C)ccc1C)N(CCC)C(=O)C(NC(=O)OC(C)(C)C)C(C)CC. The molecule has 0 aliphatic heterocycles. The predicted octanol–water partition coefficient (Wildman–Crippen LogP) is 5.44. The van der Waals surface area contributed by atoms with Gasteiger partial charge in [-0.3, -0.25) is 9.59 Å². The molecular weight excluding hydrogens is 442 g/mol. The van der Waals surface area contributed by atoms with Crippen LogP contribution >= 0.6 is 0 Å². The summed E-state index contributed by atoms with van der Waals surface area (Å²) in [6.45, 7) is 18.2. The second-order valence-corrected chi connectivity index (χ2v) is 10.4. The quantitative estimate of drug-likeness (QED) is 0.383. The van der Waals surface area contributed by atoms with Gasteiger partial charge in [0.1, 0.15) is 17.7 Å². The van der Waals surface area contributed by atoms with E-state index in [1.165, 1.54) is 0 Å². The van der Waals surface area contributed by atoms with Crippen molar-refractivity contribution in [3.63, 3.8) is 0 Å². The molecule has 0 aliphatic carbocycles. The zero-order valence-electron chi connectivity index (χ0n) is 23.3. The molecule has 0 aromatic heterocycles. The highest BCUT2D eigenvalue weighted by molar-refractivity contribution is 5.92. The highest BCUT2D eigenvalue weighted by atomic mass is 16.6. The summed E-state index contributed by atoms with van der Waals surface area (Å²) in [5.41, 5.74) is 2.09. The van der Waals surface area contributed by atoms with Gasteiger partial charge in [-0.25, -0.2) is 4.79 Å². The molecule has 1 rings (SSSR count). The number of ether oxygens (including phenoxy) is 1. The van der Waals surface area contributed by atoms with Crippen molar-refractivity contribution in [2.45, 2.75) is 106 Å². The number of carbonyl (C=O) groups is 3. The maximum Gasteiger partial charge on any atom is 0.408 e. The van der Waals surface area contributed by atoms with Crippen molar-refractivity contribution < 1.29 is 19.1 Å². The molecular formula is C28H47N3O4. The van der Waals surface area contributed by atoms with Gasteiger partial charge >= 0.3 is 6.09 Å². The van der Waals surface area contributed by atoms with Gasteiger partial charge in [0.2, 0.25) is 11.8 Å². The molecule has 0 radical (unpaired) electrons. The molecule has 0 saturated carbocycles. The van der Waals surface area contributed by atoms with Gasteiger partial charge in [0.25, 0.3) is 0 Å². The van der Waals surface area contributed by atoms with E-state index in [-0.39, 0.29) is 17.7 Å². The molecule has 0 heterocycles. The number of nitrogens with zero attached hydrogens (tertiary/aromatic N) is 1. The summed E-state index contributed by atoms with van der Waals surface area (Å²) in [6.07, 6.45) is 2.55. The molecule has 1 aromatic rings. The standard InChI is InChI=1S/C28H47N3O4/c1-10-13-16-29-25(32)24(22-18-19(4)14-15-21(22)6)31(17-11-2)26(33)23(20(5)12-3)30-27(34)35-28(7,8)9/h14-15,18,20,23-24H,10-13,16-17H2,1-9H3,(H,29,32)(H,30,34). The van der Waals surface area contributed by atoms with Crippen molar-refractivity contribution in [3.8, 4) is 0 Å². The lowest BCUT2D eigenvalue weighted by Crippen LogP contribution is -2.55. The third-order valence-corrected chi connectivity index (χ3v) is 6.02. The van der Waals surface area contributed by atoms with Gasteiger partial charge in [0.15, 0.2) is 0 Å². The van der Waals surface area contributed by atoms with E-state index < -0.39 is 23.8 Å². The lowest BCUT2D eigenvalue weighted by molar-refractivity contribution is -0.143. The minimum Gasteiger partial charge on any atom is -0.444 e. The molecule has 7 nitrogen and oxygen atoms in total. The van der Waals surface area contributed by atoms with E-state index in [0.29, 0.717) is 25.9 Å². The Balaban J connectivity index is 3.49. The maximum atomic E-state index is 14.1. The number of carbonyl (C=O) groups excluding carboxylic acids is 3. The Hall–Kier alpha value is -2.57. The number of amides is 3. The van der Waals surface area contributed by atoms with Gasteiger partial charge < -0.3 is 20.3 Å². The number of benzene rings is 1. The Bertz CT molecular complexity index is 847. The molecule has 0 saturated heterocycles. The molecule has 7 heteroatoms. The van der Waals surface area contributed by atoms with Crippen molar-refractivity contribution >= 4 is 17.9 Å². The lowest BCUT2D eigenvalue weighted by atomic mass is 9.93. The number of rotatable bonds is 12. The molecule has 3 unspecified atom stereocenters. The van der Waals surface area contributed by atoms with E-state index >= 15 is 0 Å². The van der Waals surface area contributed by atoms with Crippen LogP contribution in [0.15, 0.2) is 18.2 Å². The summed E-state index contributed by atoms with van der Waals surface area (Å²) in [5, 5.41) is 5.83. The number of nitrogens with one attached hydrogen (secondary N) is 2. The first-order chi connectivity index (χ1) is 16.4. The predicted molar refractivity (Wildman–Crippen MR) is 141 cm³/mol. The summed E-state index contributed by atoms with van der Waals surface area (Å²) in [4.78, 5) is 41.9. The van der Waals surface area contributed by atoms with E-state index in [1.54, 1.807) is 25.7 Å². The van der Waals surface area contributed by atoms with Gasteiger partial charge in [-0.05, 0) is 64.5 Å². The molecule has 0 bridgehead atoms. The number of hydrogen-bond donors (Lipinski definition) is 2. The van der Waals surface area contributed by atoms with E-state index in [1.807, 2.05) is 52.8 Å². The fourth-order valence-electron chi connectivity index (χ4n) is 3.89. The van der Waals surface area contributed by atoms with Crippen molar-refractivity contribution in [2.24, 2.45) is 5.92 Å². The highest BCUT2D eigenvalue weighted by Crippen LogP contribution is 2.28. The Morgan fingerprint density at radius 2 is 1.71 bits per heavy atom. The lowest BCUT2D eigenvalue weighted by Gasteiger charge is -2.36. The van der Waals surface area contributed by atoms with Gasteiger partial charge in [0, 0.05) is 13.1 Å². The van der Waals surface area contributed by atoms with E-state index in [0.717, 1.165) is 29.5 Å². The number of hydrogen-bond acceptors (Lipinski definition) is 4. The summed E-state index contributed by atoms with van der Waals surface area (Å²) in [6, 6.07) is 4.37. The fourth-order valence-corrected chi connectivity index (χ4v) is 3.89. The molecule has 3 amide bonds. The van der Waals surface area contributed by atoms with Crippen LogP contribution in [0.4, 0.5) is 4.79 Å². The minimum atomic E-state index is -0.808. The van der Waals surface area contributed by atoms with Crippen LogP contribution in [0.2, 0.25) is 0 Å². The maximum absolute atomic E-state index is 14.1. The first kappa shape index (κ1) is 30.5. The summed E-state index contributed by atoms with van der Waals surface area (Å²) in [5.74, 6) is -0.616. The van der Waals surface area contributed by atoms with Crippen LogP contribution in [0.25, 0.3) is 0 Å². The molecule has 0 spiro atoms. The van der Waals surface area contributed by atoms with Crippen LogP contribution in [-0.4, -0.2) is 47.5 Å². The smallest absolute Gasteiger partial charge is 0.408 e. The van der Waals surface area contributed by atoms with Crippen LogP contribution in [0.1, 0.15) is 96.9 Å². The molecule has 0 fully saturated rings. The van der Waals surface area contributed by atoms with Crippen molar-refractivity contribution in [2.75, 3.05) is 13.1 Å². The van der Waals surface area contributed by atoms with Gasteiger partial charge in [-0.1, -0.05) is 64.3 Å². The Morgan fingerprint density at radius 3 is 2.26 bits per heavy atom. The normalized spacial score (nSPS) is 14.0. The molecule has 198 valence electrons. The van der Waals surface area contributed by atoms with Gasteiger partial charge in [0.05, 0.1) is 0 Å². The molecule has 35 heavy (non-hydrogen) atoms. The zero-order chi connectivity index (χ0) is 26.8. The van der Waals surface area contributed by atoms with E-state index in [4.69, 9.17) is 4.74 Å². The topological polar surface area (TPSA) is 87.7 Å². The van der Waals surface area contributed by atoms with Gasteiger partial charge in [-0.15, -0.1) is 0 Å². The molecule has 1 aromatic carbocycles. The molecule has 2 N–H and O–H groups in total. The highest BCUT2D eigenvalue weighted by Gasteiger charge is 2.38. The van der Waals surface area contributed by atoms with Crippen LogP contribution in [0.5, 0.6) is 0 Å². The molecule has 3 atom stereocenters. The minimum absolute atomic E-state index is 0.142. The monoisotopic (exact) mass is 489 g/mol. The molecule has 0 aliphatic rings. The second kappa shape index (κ2) is 14.1. The van der Waals surface area contributed by atoms with E-state index in [2.05, 4.69) is 17.6 Å². The zero-order valence-corrected chi connectivity index (χ0v) is 23.3. The summed E-state index contributed by atoms with van der Waals surface area (Å²) >= 11 is 0. The Kier molecular flexibility index (Phi) is 12.3. The summed E-state index contributed by atoms with van der Waals surface area (Å²) in [7, 11) is 0. The largest absolute Gasteiger partial charge is 0.444 e. The Morgan fingerprint density at radius 1 is 1.06 bits per heavy atom. The number of alkyl carbamates (subject to hydrolysis) is 1. The van der Waals surface area contributed by atoms with E-state index in [9.17, 15) is 14.4 Å². The third kappa shape index (κ3) is 9.54. The second-order valence-electron chi connectivity index (χ2n) is 10.4. The first-order valence-corrected chi connectivity index (χ1v) is 13.0. The van der Waals surface area contributed by atoms with Crippen LogP contribution in [0, 0.1) is 19.8 Å². The van der Waals surface area contributed by atoms with Crippen molar-refractivity contribution in [3.05, 3.63) is 34.9 Å². The fraction of sp³-hybridized carbons (Fsp3) is 0.679. The van der Waals surface area contributed by atoms with Crippen molar-refractivity contribution in [1.82, 2.24) is 15.5 Å².